The molecule has 5 fully saturated rings. The van der Waals surface area contributed by atoms with Crippen LogP contribution in [0.5, 0.6) is 0 Å². The fraction of sp³-hybridized carbons (Fsp3) is 0.885. The predicted octanol–water partition coefficient (Wildman–Crippen LogP) is 3.57. The molecule has 5 aliphatic rings. The van der Waals surface area contributed by atoms with Crippen LogP contribution in [-0.2, 0) is 18.9 Å². The molecule has 7 atom stereocenters. The molecule has 1 spiro atoms. The Hall–Kier alpha value is -1.22. The maximum absolute atomic E-state index is 13.4. The van der Waals surface area contributed by atoms with Crippen LogP contribution in [0.3, 0.4) is 0 Å². The van der Waals surface area contributed by atoms with E-state index in [-0.39, 0.29) is 41.5 Å². The van der Waals surface area contributed by atoms with Crippen molar-refractivity contribution < 1.29 is 28.1 Å². The van der Waals surface area contributed by atoms with E-state index in [1.54, 1.807) is 12.0 Å². The minimum atomic E-state index is -0.674. The van der Waals surface area contributed by atoms with Crippen molar-refractivity contribution in [3.8, 4) is 0 Å². The van der Waals surface area contributed by atoms with Crippen molar-refractivity contribution in [3.63, 3.8) is 0 Å². The largest absolute Gasteiger partial charge is 0.443 e. The summed E-state index contributed by atoms with van der Waals surface area (Å²) in [7, 11) is 1.71. The molecule has 0 aromatic carbocycles. The Balaban J connectivity index is 1.14. The third-order valence-electron chi connectivity index (χ3n) is 8.77. The fourth-order valence-electron chi connectivity index (χ4n) is 6.53. The molecule has 4 heterocycles. The highest BCUT2D eigenvalue weighted by Crippen LogP contribution is 2.59. The van der Waals surface area contributed by atoms with E-state index in [2.05, 4.69) is 31.7 Å². The van der Waals surface area contributed by atoms with E-state index >= 15 is 0 Å². The number of rotatable bonds is 8. The van der Waals surface area contributed by atoms with E-state index in [1.807, 2.05) is 0 Å². The van der Waals surface area contributed by atoms with Crippen LogP contribution >= 0.6 is 0 Å². The van der Waals surface area contributed by atoms with Crippen molar-refractivity contribution >= 4 is 6.09 Å². The smallest absolute Gasteiger partial charge is 0.410 e. The molecule has 7 nitrogen and oxygen atoms in total. The van der Waals surface area contributed by atoms with Gasteiger partial charge < -0.3 is 28.7 Å². The molecule has 0 aromatic rings. The number of methoxy groups -OCH3 is 1. The minimum absolute atomic E-state index is 0.0380. The molecular formula is C26H41FN2O5. The van der Waals surface area contributed by atoms with Gasteiger partial charge in [0.05, 0.1) is 18.6 Å². The third-order valence-corrected chi connectivity index (χ3v) is 8.77. The molecular weight excluding hydrogens is 439 g/mol. The molecule has 8 heteroatoms. The van der Waals surface area contributed by atoms with Crippen molar-refractivity contribution in [1.29, 1.82) is 0 Å². The highest BCUT2D eigenvalue weighted by atomic mass is 19.1. The predicted molar refractivity (Wildman–Crippen MR) is 125 cm³/mol. The molecule has 0 N–H and O–H groups in total. The topological polar surface area (TPSA) is 67.1 Å². The van der Waals surface area contributed by atoms with Gasteiger partial charge in [-0.1, -0.05) is 11.6 Å². The van der Waals surface area contributed by atoms with Gasteiger partial charge in [-0.25, -0.2) is 9.18 Å². The number of nitrogens with zero attached hydrogens (tertiary/aromatic N) is 2. The summed E-state index contributed by atoms with van der Waals surface area (Å²) in [5, 5.41) is 0. The molecule has 4 aliphatic heterocycles. The summed E-state index contributed by atoms with van der Waals surface area (Å²) in [4.78, 5) is 16.9. The van der Waals surface area contributed by atoms with Gasteiger partial charge >= 0.3 is 6.09 Å². The SMILES string of the molecule is CO[C@@H]1[C@H](OC(=O)N2CC(CCN3CC[C@H](F)C3)C2)CC[C@]2(CO2)[C@H]1[C@@]1(C)O[C@@H]1CC=C(C)C. The Morgan fingerprint density at radius 3 is 2.62 bits per heavy atom. The summed E-state index contributed by atoms with van der Waals surface area (Å²) in [6.45, 7) is 10.9. The first-order valence-electron chi connectivity index (χ1n) is 13.0. The van der Waals surface area contributed by atoms with Crippen LogP contribution in [-0.4, -0.2) is 98.0 Å². The monoisotopic (exact) mass is 480 g/mol. The molecule has 1 amide bonds. The van der Waals surface area contributed by atoms with E-state index in [0.29, 0.717) is 18.9 Å². The van der Waals surface area contributed by atoms with Crippen molar-refractivity contribution in [2.75, 3.05) is 46.4 Å². The molecule has 1 aliphatic carbocycles. The summed E-state index contributed by atoms with van der Waals surface area (Å²) in [5.41, 5.74) is 0.743. The Labute approximate surface area is 202 Å². The van der Waals surface area contributed by atoms with Crippen molar-refractivity contribution in [1.82, 2.24) is 9.80 Å². The molecule has 0 unspecified atom stereocenters. The van der Waals surface area contributed by atoms with Crippen LogP contribution in [0.15, 0.2) is 11.6 Å². The number of allylic oxidation sites excluding steroid dienone is 1. The number of amides is 1. The summed E-state index contributed by atoms with van der Waals surface area (Å²) in [6, 6.07) is 0. The molecule has 0 radical (unpaired) electrons. The van der Waals surface area contributed by atoms with E-state index in [1.165, 1.54) is 5.57 Å². The summed E-state index contributed by atoms with van der Waals surface area (Å²) in [5.74, 6) is 0.511. The van der Waals surface area contributed by atoms with E-state index in [4.69, 9.17) is 18.9 Å². The number of ether oxygens (including phenoxy) is 4. The van der Waals surface area contributed by atoms with Crippen LogP contribution < -0.4 is 0 Å². The molecule has 4 saturated heterocycles. The highest BCUT2D eigenvalue weighted by molar-refractivity contribution is 5.69. The van der Waals surface area contributed by atoms with E-state index in [9.17, 15) is 9.18 Å². The zero-order chi connectivity index (χ0) is 24.1. The second-order valence-electron chi connectivity index (χ2n) is 11.5. The van der Waals surface area contributed by atoms with Gasteiger partial charge in [0.15, 0.2) is 0 Å². The summed E-state index contributed by atoms with van der Waals surface area (Å²) < 4.78 is 37.6. The standard InChI is InChI=1S/C26H41FN2O5/c1-17(2)5-6-21-25(3,34-21)23-22(31-4)20(7-10-26(23)16-32-26)33-24(30)29-13-18(14-29)8-11-28-12-9-19(27)15-28/h5,18-23H,6-16H2,1-4H3/t19-,20+,21+,22+,23+,25-,26-/m0/s1. The lowest BCUT2D eigenvalue weighted by Gasteiger charge is -2.44. The fourth-order valence-corrected chi connectivity index (χ4v) is 6.53. The Morgan fingerprint density at radius 2 is 2.00 bits per heavy atom. The van der Waals surface area contributed by atoms with Crippen LogP contribution in [0.1, 0.15) is 52.9 Å². The first kappa shape index (κ1) is 24.5. The summed E-state index contributed by atoms with van der Waals surface area (Å²) in [6.07, 6.45) is 5.03. The molecule has 5 rings (SSSR count). The number of likely N-dealkylation sites (tertiary alicyclic amines) is 2. The average Bonchev–Trinajstić information content (AvgIpc) is 3.63. The lowest BCUT2D eigenvalue weighted by Crippen LogP contribution is -2.57. The van der Waals surface area contributed by atoms with Gasteiger partial charge in [-0.05, 0) is 65.3 Å². The number of halogens is 1. The first-order chi connectivity index (χ1) is 16.2. The van der Waals surface area contributed by atoms with Crippen LogP contribution in [0.4, 0.5) is 9.18 Å². The first-order valence-corrected chi connectivity index (χ1v) is 13.0. The third kappa shape index (κ3) is 4.75. The second-order valence-corrected chi connectivity index (χ2v) is 11.5. The number of carbonyl (C=O) groups excluding carboxylic acids is 1. The molecule has 0 aromatic heterocycles. The minimum Gasteiger partial charge on any atom is -0.443 e. The quantitative estimate of drug-likeness (QED) is 0.391. The number of carbonyl (C=O) groups is 1. The van der Waals surface area contributed by atoms with Gasteiger partial charge in [0.2, 0.25) is 0 Å². The van der Waals surface area contributed by atoms with E-state index < -0.39 is 6.17 Å². The van der Waals surface area contributed by atoms with Gasteiger partial charge in [0, 0.05) is 33.3 Å². The zero-order valence-electron chi connectivity index (χ0n) is 21.1. The maximum Gasteiger partial charge on any atom is 0.410 e. The Bertz CT molecular complexity index is 794. The van der Waals surface area contributed by atoms with Crippen molar-refractivity contribution in [3.05, 3.63) is 11.6 Å². The van der Waals surface area contributed by atoms with Gasteiger partial charge in [-0.3, -0.25) is 0 Å². The van der Waals surface area contributed by atoms with Crippen LogP contribution in [0, 0.1) is 11.8 Å². The van der Waals surface area contributed by atoms with Gasteiger partial charge in [-0.15, -0.1) is 0 Å². The zero-order valence-corrected chi connectivity index (χ0v) is 21.1. The second kappa shape index (κ2) is 9.34. The van der Waals surface area contributed by atoms with Crippen molar-refractivity contribution in [2.45, 2.75) is 88.6 Å². The number of hydrogen-bond donors (Lipinski definition) is 0. The van der Waals surface area contributed by atoms with Gasteiger partial charge in [0.1, 0.15) is 29.6 Å². The lowest BCUT2D eigenvalue weighted by molar-refractivity contribution is -0.124. The molecule has 34 heavy (non-hydrogen) atoms. The Kier molecular flexibility index (Phi) is 6.72. The van der Waals surface area contributed by atoms with E-state index in [0.717, 1.165) is 58.5 Å². The lowest BCUT2D eigenvalue weighted by atomic mass is 9.68. The average molecular weight is 481 g/mol. The van der Waals surface area contributed by atoms with Gasteiger partial charge in [-0.2, -0.15) is 0 Å². The number of hydrogen-bond acceptors (Lipinski definition) is 6. The van der Waals surface area contributed by atoms with Crippen LogP contribution in [0.25, 0.3) is 0 Å². The number of alkyl halides is 1. The Morgan fingerprint density at radius 1 is 1.24 bits per heavy atom. The molecule has 192 valence electrons. The number of epoxide rings is 2. The molecule has 1 saturated carbocycles. The van der Waals surface area contributed by atoms with Crippen molar-refractivity contribution in [2.24, 2.45) is 11.8 Å². The van der Waals surface area contributed by atoms with Crippen LogP contribution in [0.2, 0.25) is 0 Å². The summed E-state index contributed by atoms with van der Waals surface area (Å²) >= 11 is 0. The highest BCUT2D eigenvalue weighted by Gasteiger charge is 2.72. The maximum atomic E-state index is 13.4. The molecule has 0 bridgehead atoms. The van der Waals surface area contributed by atoms with Gasteiger partial charge in [0.25, 0.3) is 0 Å². The normalized spacial score (nSPS) is 41.9.